The van der Waals surface area contributed by atoms with Gasteiger partial charge in [0.25, 0.3) is 6.10 Å². The molecule has 0 N–H and O–H groups in total. The molecule has 224 valence electrons. The van der Waals surface area contributed by atoms with Crippen LogP contribution in [-0.4, -0.2) is 21.2 Å². The van der Waals surface area contributed by atoms with Crippen molar-refractivity contribution in [2.45, 2.75) is 36.6 Å². The fraction of sp³-hybridized carbons (Fsp3) is 0.219. The third-order valence-corrected chi connectivity index (χ3v) is 7.67. The van der Waals surface area contributed by atoms with Gasteiger partial charge in [-0.3, -0.25) is 0 Å². The summed E-state index contributed by atoms with van der Waals surface area (Å²) < 4.78 is 13.8. The van der Waals surface area contributed by atoms with E-state index in [4.69, 9.17) is 62.4 Å². The second-order valence-corrected chi connectivity index (χ2v) is 67.9. The van der Waals surface area contributed by atoms with Gasteiger partial charge in [-0.25, -0.2) is 0 Å². The zero-order chi connectivity index (χ0) is 30.3. The van der Waals surface area contributed by atoms with Crippen LogP contribution in [0.1, 0.15) is 36.5 Å². The van der Waals surface area contributed by atoms with Crippen molar-refractivity contribution in [2.24, 2.45) is 5.92 Å². The molecule has 5 rings (SSSR count). The van der Waals surface area contributed by atoms with E-state index in [-0.39, 0.29) is 12.2 Å². The van der Waals surface area contributed by atoms with Gasteiger partial charge in [0, 0.05) is 10.8 Å². The Morgan fingerprint density at radius 1 is 0.714 bits per heavy atom. The van der Waals surface area contributed by atoms with Crippen LogP contribution in [0, 0.1) is 12.0 Å². The van der Waals surface area contributed by atoms with E-state index in [1.807, 2.05) is 11.8 Å². The first-order valence-corrected chi connectivity index (χ1v) is 33.7. The van der Waals surface area contributed by atoms with E-state index >= 15 is 0 Å². The molecule has 2 nitrogen and oxygen atoms in total. The van der Waals surface area contributed by atoms with Crippen LogP contribution in [0.2, 0.25) is 0 Å². The zero-order valence-corrected chi connectivity index (χ0v) is 30.7. The van der Waals surface area contributed by atoms with Crippen LogP contribution in [0.25, 0.3) is 0 Å². The molecule has 1 fully saturated rings. The molecule has 2 atom stereocenters. The van der Waals surface area contributed by atoms with E-state index in [0.29, 0.717) is 0 Å². The fourth-order valence-corrected chi connectivity index (χ4v) is 5.58. The van der Waals surface area contributed by atoms with Gasteiger partial charge >= 0.3 is 62.1 Å². The maximum absolute atomic E-state index is 7.18. The molecule has 0 aromatic heterocycles. The summed E-state index contributed by atoms with van der Waals surface area (Å²) in [5.41, 5.74) is 2.51. The minimum atomic E-state index is -5.42. The molecule has 2 unspecified atom stereocenters. The Hall–Kier alpha value is -0.422. The molecule has 4 aromatic rings. The third-order valence-electron chi connectivity index (χ3n) is 6.60. The second-order valence-electron chi connectivity index (χ2n) is 10.00. The molecule has 0 saturated carbocycles. The topological polar surface area (TPSA) is 18.5 Å². The summed E-state index contributed by atoms with van der Waals surface area (Å²) in [6.45, 7) is 2.23. The summed E-state index contributed by atoms with van der Waals surface area (Å²) in [5, 5.41) is 0. The van der Waals surface area contributed by atoms with E-state index in [9.17, 15) is 0 Å². The quantitative estimate of drug-likeness (QED) is 0.0764. The molecule has 1 heterocycles. The third kappa shape index (κ3) is 11.2. The number of ether oxygens (including phenoxy) is 2. The fourth-order valence-electron chi connectivity index (χ4n) is 4.69. The van der Waals surface area contributed by atoms with Gasteiger partial charge in [-0.1, -0.05) is 128 Å². The van der Waals surface area contributed by atoms with Crippen LogP contribution in [-0.2, 0) is 15.1 Å². The van der Waals surface area contributed by atoms with Crippen molar-refractivity contribution < 1.29 is 9.47 Å². The summed E-state index contributed by atoms with van der Waals surface area (Å²) in [5.74, 6) is 1.11. The van der Waals surface area contributed by atoms with Gasteiger partial charge in [0.1, 0.15) is 12.0 Å². The van der Waals surface area contributed by atoms with E-state index in [1.165, 1.54) is 4.90 Å². The van der Waals surface area contributed by atoms with Gasteiger partial charge in [0.2, 0.25) is 6.29 Å². The second kappa shape index (κ2) is 13.9. The van der Waals surface area contributed by atoms with Gasteiger partial charge in [0.05, 0.1) is 0 Å². The van der Waals surface area contributed by atoms with Crippen LogP contribution in [0.15, 0.2) is 126 Å². The summed E-state index contributed by atoms with van der Waals surface area (Å²) in [6.07, 6.45) is 2.76. The standard InChI is InChI=1S/C32H31O2S.6ClH.Sb/c1-25-22-23-29(24-35-30-20-12-5-13-21-30)33-31(25)34-32(26-14-6-2-7-15-26,27-16-8-3-9-17-27)28-18-10-4-11-19-28;;;;;;;/h2-21,25,31H,22-24H2,1H3;6*1H;/q+1;;;;;;;+5/p-6. The molecule has 1 saturated heterocycles. The number of rotatable bonds is 8. The normalized spacial score (nSPS) is 19.2. The molecular weight excluding hydrogens is 783 g/mol. The molecule has 0 spiro atoms. The van der Waals surface area contributed by atoms with Crippen molar-refractivity contribution in [1.29, 1.82) is 0 Å². The van der Waals surface area contributed by atoms with Crippen molar-refractivity contribution in [3.8, 4) is 0 Å². The van der Waals surface area contributed by atoms with Gasteiger partial charge in [-0.2, -0.15) is 4.74 Å². The predicted molar refractivity (Wildman–Crippen MR) is 185 cm³/mol. The Bertz CT molecular complexity index is 1290. The molecule has 1 aliphatic rings. The van der Waals surface area contributed by atoms with E-state index in [2.05, 4.69) is 128 Å². The summed E-state index contributed by atoms with van der Waals surface area (Å²) in [6, 6.07) is 42.1. The molecule has 42 heavy (non-hydrogen) atoms. The Kier molecular flexibility index (Phi) is 11.4. The van der Waals surface area contributed by atoms with Crippen molar-refractivity contribution in [3.05, 3.63) is 144 Å². The number of benzene rings is 4. The zero-order valence-electron chi connectivity index (χ0n) is 22.8. The molecular formula is C32H31Cl6O2SSb. The van der Waals surface area contributed by atoms with Crippen LogP contribution < -0.4 is 0 Å². The minimum absolute atomic E-state index is 0.274. The molecule has 0 aliphatic carbocycles. The molecule has 0 amide bonds. The van der Waals surface area contributed by atoms with Crippen molar-refractivity contribution >= 4 is 73.9 Å². The number of hydrogen-bond acceptors (Lipinski definition) is 3. The Morgan fingerprint density at radius 3 is 1.50 bits per heavy atom. The molecule has 1 aliphatic heterocycles. The van der Waals surface area contributed by atoms with Crippen LogP contribution in [0.5, 0.6) is 0 Å². The Labute approximate surface area is 273 Å². The van der Waals surface area contributed by atoms with Gasteiger partial charge in [0.15, 0.2) is 5.75 Å². The average molecular weight is 814 g/mol. The molecule has 4 aromatic carbocycles. The van der Waals surface area contributed by atoms with Gasteiger partial charge < -0.3 is 4.74 Å². The first-order chi connectivity index (χ1) is 19.7. The molecule has 10 heteroatoms. The van der Waals surface area contributed by atoms with Gasteiger partial charge in [-0.15, -0.1) is 0 Å². The van der Waals surface area contributed by atoms with Crippen molar-refractivity contribution in [2.75, 3.05) is 5.75 Å². The SMILES string of the molecule is CC1CC[C+](CSc2ccccc2)OC1OC(c1ccccc1)(c1ccccc1)c1ccccc1.[Cl][Sb-]([Cl])([Cl])([Cl])([Cl])[Cl]. The van der Waals surface area contributed by atoms with Crippen LogP contribution >= 0.6 is 64.7 Å². The number of thioether (sulfide) groups is 1. The summed E-state index contributed by atoms with van der Waals surface area (Å²) >= 11 is 1.82. The van der Waals surface area contributed by atoms with Crippen LogP contribution in [0.4, 0.5) is 0 Å². The number of hydrogen-bond donors (Lipinski definition) is 0. The maximum atomic E-state index is 7.18. The monoisotopic (exact) mass is 810 g/mol. The summed E-state index contributed by atoms with van der Waals surface area (Å²) in [7, 11) is 25.0. The molecule has 0 radical (unpaired) electrons. The number of halogens is 6. The molecule has 0 bridgehead atoms. The van der Waals surface area contributed by atoms with Gasteiger partial charge in [-0.05, 0) is 35.2 Å². The van der Waals surface area contributed by atoms with Crippen molar-refractivity contribution in [3.63, 3.8) is 0 Å². The Balaban J connectivity index is 0.000000517. The summed E-state index contributed by atoms with van der Waals surface area (Å²) in [4.78, 5) is 1.26. The first kappa shape index (κ1) is 34.5. The van der Waals surface area contributed by atoms with E-state index in [1.54, 1.807) is 0 Å². The predicted octanol–water partition coefficient (Wildman–Crippen LogP) is 11.8. The van der Waals surface area contributed by atoms with E-state index < -0.39 is 14.7 Å². The van der Waals surface area contributed by atoms with E-state index in [0.717, 1.165) is 41.4 Å². The van der Waals surface area contributed by atoms with Crippen LogP contribution in [0.3, 0.4) is 0 Å². The van der Waals surface area contributed by atoms with Crippen molar-refractivity contribution in [1.82, 2.24) is 0 Å². The average Bonchev–Trinajstić information content (AvgIpc) is 2.96. The first-order valence-electron chi connectivity index (χ1n) is 13.3. The Morgan fingerprint density at radius 2 is 1.10 bits per heavy atom.